The van der Waals surface area contributed by atoms with Crippen LogP contribution in [0, 0.1) is 16.7 Å². The van der Waals surface area contributed by atoms with Crippen molar-refractivity contribution in [3.8, 4) is 0 Å². The summed E-state index contributed by atoms with van der Waals surface area (Å²) in [5, 5.41) is 0. The Labute approximate surface area is 652 Å². The summed E-state index contributed by atoms with van der Waals surface area (Å²) in [6.07, 6.45) is 137. The Morgan fingerprint density at radius 1 is 0.118 bits per heavy atom. The maximum absolute atomic E-state index is 2.40. The van der Waals surface area contributed by atoms with E-state index in [-0.39, 0.29) is 0 Å². The Kier molecular flexibility index (Phi) is 88.2. The number of rotatable bonds is 94. The summed E-state index contributed by atoms with van der Waals surface area (Å²) in [5.41, 5.74) is 1.02. The van der Waals surface area contributed by atoms with Crippen LogP contribution in [0.5, 0.6) is 0 Å². The van der Waals surface area contributed by atoms with Crippen molar-refractivity contribution < 1.29 is 0 Å². The summed E-state index contributed by atoms with van der Waals surface area (Å²) in [4.78, 5) is 0. The number of hydrogen-bond acceptors (Lipinski definition) is 0. The maximum Gasteiger partial charge on any atom is -0.0213 e. The molecule has 0 aromatic heterocycles. The molecule has 0 bridgehead atoms. The van der Waals surface area contributed by atoms with Gasteiger partial charge in [-0.1, -0.05) is 594 Å². The second kappa shape index (κ2) is 88.2. The van der Waals surface area contributed by atoms with Gasteiger partial charge in [0.1, 0.15) is 0 Å². The van der Waals surface area contributed by atoms with Crippen molar-refractivity contribution in [2.24, 2.45) is 16.7 Å². The Balaban J connectivity index is 7.69. The predicted molar refractivity (Wildman–Crippen MR) is 473 cm³/mol. The Bertz CT molecular complexity index is 1410. The van der Waals surface area contributed by atoms with Crippen molar-refractivity contribution in [3.63, 3.8) is 0 Å². The summed E-state index contributed by atoms with van der Waals surface area (Å²) in [5.74, 6) is 0.932. The van der Waals surface area contributed by atoms with Gasteiger partial charge in [-0.2, -0.15) is 0 Å². The first-order valence-electron chi connectivity index (χ1n) is 50.6. The van der Waals surface area contributed by atoms with Gasteiger partial charge >= 0.3 is 0 Å². The average Bonchev–Trinajstić information content (AvgIpc) is 0.751. The lowest BCUT2D eigenvalue weighted by Gasteiger charge is -2.57. The fourth-order valence-electron chi connectivity index (χ4n) is 19.4. The summed E-state index contributed by atoms with van der Waals surface area (Å²) in [7, 11) is 0. The van der Waals surface area contributed by atoms with E-state index in [1.165, 1.54) is 533 Å². The molecule has 0 radical (unpaired) electrons. The van der Waals surface area contributed by atoms with Crippen LogP contribution in [-0.4, -0.2) is 0 Å². The molecule has 0 N–H and O–H groups in total. The SMILES string of the molecule is CCCCCCCCCCCCCCCCC(CCCCCCCCCCCCCC)(CCCCCCCCCCCCCCCC)C(CCCCCCCCCCCC)(CCCCCCCCCCCCCC)C(CCCCCCCCCCCC)CCCCCCCCCCCCCCC. The zero-order valence-corrected chi connectivity index (χ0v) is 73.6. The average molecular weight is 1430 g/mol. The minimum absolute atomic E-state index is 0.507. The lowest BCUT2D eigenvalue weighted by molar-refractivity contribution is -0.0763. The summed E-state index contributed by atoms with van der Waals surface area (Å²) in [6.45, 7) is 16.6. The lowest BCUT2D eigenvalue weighted by atomic mass is 9.47. The van der Waals surface area contributed by atoms with Gasteiger partial charge in [0.05, 0.1) is 0 Å². The van der Waals surface area contributed by atoms with Gasteiger partial charge in [-0.3, -0.25) is 0 Å². The molecular formula is C102H206. The molecule has 0 aliphatic rings. The molecular weight excluding hydrogens is 1230 g/mol. The van der Waals surface area contributed by atoms with Crippen molar-refractivity contribution in [1.82, 2.24) is 0 Å². The van der Waals surface area contributed by atoms with Crippen molar-refractivity contribution in [3.05, 3.63) is 0 Å². The summed E-state index contributed by atoms with van der Waals surface area (Å²) >= 11 is 0. The highest BCUT2D eigenvalue weighted by molar-refractivity contribution is 5.02. The van der Waals surface area contributed by atoms with Gasteiger partial charge in [-0.05, 0) is 61.7 Å². The zero-order chi connectivity index (χ0) is 73.6. The van der Waals surface area contributed by atoms with Gasteiger partial charge in [0.2, 0.25) is 0 Å². The first-order chi connectivity index (χ1) is 50.6. The van der Waals surface area contributed by atoms with Crippen LogP contribution in [0.3, 0.4) is 0 Å². The van der Waals surface area contributed by atoms with Gasteiger partial charge in [0.15, 0.2) is 0 Å². The van der Waals surface area contributed by atoms with E-state index in [0.717, 1.165) is 5.92 Å². The third-order valence-electron chi connectivity index (χ3n) is 26.4. The molecule has 0 saturated carbocycles. The zero-order valence-electron chi connectivity index (χ0n) is 73.6. The first-order valence-corrected chi connectivity index (χ1v) is 50.6. The van der Waals surface area contributed by atoms with Crippen LogP contribution < -0.4 is 0 Å². The molecule has 0 heterocycles. The van der Waals surface area contributed by atoms with Gasteiger partial charge in [0.25, 0.3) is 0 Å². The van der Waals surface area contributed by atoms with Crippen LogP contribution in [0.2, 0.25) is 0 Å². The minimum atomic E-state index is 0.507. The third-order valence-corrected chi connectivity index (χ3v) is 26.4. The van der Waals surface area contributed by atoms with Gasteiger partial charge in [-0.25, -0.2) is 0 Å². The molecule has 0 aliphatic carbocycles. The quantitative estimate of drug-likeness (QED) is 0.0533. The summed E-state index contributed by atoms with van der Waals surface area (Å²) in [6, 6.07) is 0. The molecule has 0 spiro atoms. The van der Waals surface area contributed by atoms with E-state index in [2.05, 4.69) is 48.5 Å². The smallest absolute Gasteiger partial charge is 0.0213 e. The second-order valence-electron chi connectivity index (χ2n) is 36.0. The lowest BCUT2D eigenvalue weighted by Crippen LogP contribution is -2.48. The highest BCUT2D eigenvalue weighted by Crippen LogP contribution is 2.62. The van der Waals surface area contributed by atoms with Gasteiger partial charge in [-0.15, -0.1) is 0 Å². The van der Waals surface area contributed by atoms with Crippen LogP contribution in [0.15, 0.2) is 0 Å². The predicted octanol–water partition coefficient (Wildman–Crippen LogP) is 39.6. The topological polar surface area (TPSA) is 0 Å². The van der Waals surface area contributed by atoms with Gasteiger partial charge in [0, 0.05) is 0 Å². The molecule has 0 fully saturated rings. The van der Waals surface area contributed by atoms with Crippen LogP contribution >= 0.6 is 0 Å². The van der Waals surface area contributed by atoms with Crippen LogP contribution in [0.25, 0.3) is 0 Å². The fraction of sp³-hybridized carbons (Fsp3) is 1.00. The summed E-state index contributed by atoms with van der Waals surface area (Å²) < 4.78 is 0. The van der Waals surface area contributed by atoms with Crippen molar-refractivity contribution in [1.29, 1.82) is 0 Å². The van der Waals surface area contributed by atoms with Crippen molar-refractivity contribution in [2.75, 3.05) is 0 Å². The van der Waals surface area contributed by atoms with E-state index >= 15 is 0 Å². The molecule has 2 atom stereocenters. The largest absolute Gasteiger partial charge is 0.0654 e. The van der Waals surface area contributed by atoms with E-state index < -0.39 is 0 Å². The van der Waals surface area contributed by atoms with E-state index in [1.54, 1.807) is 57.8 Å². The standard InChI is InChI=1S/C102H206/c1-8-15-22-29-36-43-50-55-58-62-68-75-82-89-96-101(95-88-81-74-67-61-53-46-39-32-25-18-11-4,97-90-83-76-69-63-59-56-51-44-37-30-23-16-9-2)102(98-91-84-77-70-49-42-35-28-21-14-7,99-92-85-78-71-64-54-47-40-33-26-19-12-5)100(93-86-79-72-65-48-41-34-27-20-13-6)94-87-80-73-66-60-57-52-45-38-31-24-17-10-3/h100H,8-99H2,1-7H3. The molecule has 614 valence electrons. The Morgan fingerprint density at radius 3 is 0.363 bits per heavy atom. The molecule has 102 heavy (non-hydrogen) atoms. The van der Waals surface area contributed by atoms with E-state index in [9.17, 15) is 0 Å². The monoisotopic (exact) mass is 1430 g/mol. The second-order valence-corrected chi connectivity index (χ2v) is 36.0. The molecule has 0 heteroatoms. The van der Waals surface area contributed by atoms with Crippen molar-refractivity contribution in [2.45, 2.75) is 639 Å². The van der Waals surface area contributed by atoms with Crippen LogP contribution in [0.1, 0.15) is 639 Å². The van der Waals surface area contributed by atoms with Crippen LogP contribution in [0.4, 0.5) is 0 Å². The molecule has 0 aliphatic heterocycles. The molecule has 0 saturated heterocycles. The highest BCUT2D eigenvalue weighted by Gasteiger charge is 2.52. The van der Waals surface area contributed by atoms with Gasteiger partial charge < -0.3 is 0 Å². The Hall–Kier alpha value is 0. The van der Waals surface area contributed by atoms with Crippen molar-refractivity contribution >= 4 is 0 Å². The molecule has 0 aromatic carbocycles. The fourth-order valence-corrected chi connectivity index (χ4v) is 19.4. The maximum atomic E-state index is 2.40. The molecule has 0 aromatic rings. The van der Waals surface area contributed by atoms with E-state index in [0.29, 0.717) is 10.8 Å². The number of hydrogen-bond donors (Lipinski definition) is 0. The minimum Gasteiger partial charge on any atom is -0.0654 e. The van der Waals surface area contributed by atoms with E-state index in [4.69, 9.17) is 0 Å². The molecule has 0 nitrogen and oxygen atoms in total. The molecule has 0 rings (SSSR count). The number of unbranched alkanes of at least 4 members (excludes halogenated alkanes) is 78. The molecule has 0 amide bonds. The highest BCUT2D eigenvalue weighted by atomic mass is 14.6. The molecule has 2 unspecified atom stereocenters. The van der Waals surface area contributed by atoms with Crippen LogP contribution in [-0.2, 0) is 0 Å². The van der Waals surface area contributed by atoms with E-state index in [1.807, 2.05) is 0 Å². The third kappa shape index (κ3) is 69.2. The Morgan fingerprint density at radius 2 is 0.225 bits per heavy atom. The first kappa shape index (κ1) is 102. The normalized spacial score (nSPS) is 13.0.